The van der Waals surface area contributed by atoms with Crippen LogP contribution in [0.1, 0.15) is 19.8 Å². The van der Waals surface area contributed by atoms with Crippen LogP contribution in [0.5, 0.6) is 5.75 Å². The summed E-state index contributed by atoms with van der Waals surface area (Å²) in [5.41, 5.74) is 6.87. The topological polar surface area (TPSA) is 62.9 Å². The standard InChI is InChI=1S/C16H26N4O.HI/c1-3-9-20-10-8-13(12-20)11-18-16(17)19-14-4-6-15(21-2)7-5-14;/h4-7,13H,3,8-12H2,1-2H3,(H3,17,18,19);1H. The third-order valence-electron chi connectivity index (χ3n) is 3.79. The summed E-state index contributed by atoms with van der Waals surface area (Å²) in [5.74, 6) is 1.94. The third-order valence-corrected chi connectivity index (χ3v) is 3.79. The highest BCUT2D eigenvalue weighted by molar-refractivity contribution is 14.0. The Kier molecular flexibility index (Phi) is 8.55. The second-order valence-corrected chi connectivity index (χ2v) is 5.53. The van der Waals surface area contributed by atoms with Crippen molar-refractivity contribution in [2.24, 2.45) is 16.6 Å². The zero-order valence-electron chi connectivity index (χ0n) is 13.4. The van der Waals surface area contributed by atoms with Crippen LogP contribution < -0.4 is 15.8 Å². The molecule has 0 radical (unpaired) electrons. The minimum absolute atomic E-state index is 0. The van der Waals surface area contributed by atoms with Gasteiger partial charge in [-0.1, -0.05) is 6.92 Å². The van der Waals surface area contributed by atoms with Crippen molar-refractivity contribution in [3.05, 3.63) is 24.3 Å². The lowest BCUT2D eigenvalue weighted by Gasteiger charge is -2.13. The molecule has 1 heterocycles. The van der Waals surface area contributed by atoms with Crippen molar-refractivity contribution in [1.29, 1.82) is 0 Å². The molecule has 1 aromatic rings. The van der Waals surface area contributed by atoms with Crippen LogP contribution in [0.2, 0.25) is 0 Å². The van der Waals surface area contributed by atoms with E-state index >= 15 is 0 Å². The third kappa shape index (κ3) is 6.00. The lowest BCUT2D eigenvalue weighted by molar-refractivity contribution is 0.326. The van der Waals surface area contributed by atoms with Gasteiger partial charge in [0.25, 0.3) is 0 Å². The van der Waals surface area contributed by atoms with Gasteiger partial charge in [0.2, 0.25) is 0 Å². The van der Waals surface area contributed by atoms with Gasteiger partial charge in [0, 0.05) is 18.8 Å². The van der Waals surface area contributed by atoms with Crippen LogP contribution >= 0.6 is 24.0 Å². The van der Waals surface area contributed by atoms with E-state index < -0.39 is 0 Å². The molecule has 1 unspecified atom stereocenters. The number of halogens is 1. The molecule has 2 rings (SSSR count). The molecule has 1 aliphatic rings. The Morgan fingerprint density at radius 2 is 2.14 bits per heavy atom. The van der Waals surface area contributed by atoms with Crippen molar-refractivity contribution in [3.8, 4) is 5.75 Å². The lowest BCUT2D eigenvalue weighted by Crippen LogP contribution is -2.25. The number of hydrogen-bond acceptors (Lipinski definition) is 3. The molecule has 1 aliphatic heterocycles. The zero-order chi connectivity index (χ0) is 15.1. The van der Waals surface area contributed by atoms with Crippen LogP contribution in [0.25, 0.3) is 0 Å². The summed E-state index contributed by atoms with van der Waals surface area (Å²) in [6, 6.07) is 7.66. The Labute approximate surface area is 150 Å². The van der Waals surface area contributed by atoms with Crippen LogP contribution in [0.3, 0.4) is 0 Å². The van der Waals surface area contributed by atoms with Gasteiger partial charge in [0.1, 0.15) is 5.75 Å². The first kappa shape index (κ1) is 19.0. The molecule has 1 saturated heterocycles. The van der Waals surface area contributed by atoms with Crippen molar-refractivity contribution in [2.45, 2.75) is 19.8 Å². The van der Waals surface area contributed by atoms with Crippen molar-refractivity contribution in [1.82, 2.24) is 4.90 Å². The van der Waals surface area contributed by atoms with Gasteiger partial charge >= 0.3 is 0 Å². The molecule has 0 aliphatic carbocycles. The van der Waals surface area contributed by atoms with Crippen LogP contribution in [0.15, 0.2) is 29.3 Å². The van der Waals surface area contributed by atoms with Gasteiger partial charge in [-0.2, -0.15) is 0 Å². The highest BCUT2D eigenvalue weighted by Crippen LogP contribution is 2.17. The molecule has 0 spiro atoms. The normalized spacial score (nSPS) is 18.8. The van der Waals surface area contributed by atoms with E-state index in [1.807, 2.05) is 24.3 Å². The molecule has 3 N–H and O–H groups in total. The predicted molar refractivity (Wildman–Crippen MR) is 103 cm³/mol. The molecule has 0 saturated carbocycles. The summed E-state index contributed by atoms with van der Waals surface area (Å²) < 4.78 is 5.13. The second kappa shape index (κ2) is 9.89. The highest BCUT2D eigenvalue weighted by atomic mass is 127. The number of guanidine groups is 1. The number of nitrogens with zero attached hydrogens (tertiary/aromatic N) is 2. The van der Waals surface area contributed by atoms with Crippen LogP contribution in [-0.4, -0.2) is 44.1 Å². The molecular weight excluding hydrogens is 391 g/mol. The first-order chi connectivity index (χ1) is 10.2. The van der Waals surface area contributed by atoms with Gasteiger partial charge in [-0.3, -0.25) is 4.99 Å². The number of ether oxygens (including phenoxy) is 1. The smallest absolute Gasteiger partial charge is 0.193 e. The largest absolute Gasteiger partial charge is 0.497 e. The lowest BCUT2D eigenvalue weighted by atomic mass is 10.1. The van der Waals surface area contributed by atoms with Gasteiger partial charge in [0.05, 0.1) is 7.11 Å². The van der Waals surface area contributed by atoms with E-state index in [1.54, 1.807) is 7.11 Å². The number of likely N-dealkylation sites (tertiary alicyclic amines) is 1. The average Bonchev–Trinajstić information content (AvgIpc) is 2.94. The van der Waals surface area contributed by atoms with Crippen molar-refractivity contribution in [3.63, 3.8) is 0 Å². The summed E-state index contributed by atoms with van der Waals surface area (Å²) in [7, 11) is 1.65. The van der Waals surface area contributed by atoms with E-state index in [9.17, 15) is 0 Å². The quantitative estimate of drug-likeness (QED) is 0.424. The molecule has 1 fully saturated rings. The maximum absolute atomic E-state index is 5.94. The number of methoxy groups -OCH3 is 1. The minimum Gasteiger partial charge on any atom is -0.497 e. The van der Waals surface area contributed by atoms with E-state index in [0.29, 0.717) is 11.9 Å². The summed E-state index contributed by atoms with van der Waals surface area (Å²) in [4.78, 5) is 6.97. The van der Waals surface area contributed by atoms with Gasteiger partial charge in [-0.05, 0) is 56.1 Å². The Bertz CT molecular complexity index is 464. The molecule has 0 amide bonds. The number of hydrogen-bond donors (Lipinski definition) is 2. The molecule has 0 aromatic heterocycles. The first-order valence-electron chi connectivity index (χ1n) is 7.64. The number of nitrogens with two attached hydrogens (primary N) is 1. The van der Waals surface area contributed by atoms with Crippen LogP contribution in [0, 0.1) is 5.92 Å². The Morgan fingerprint density at radius 3 is 2.77 bits per heavy atom. The zero-order valence-corrected chi connectivity index (χ0v) is 15.7. The summed E-state index contributed by atoms with van der Waals surface area (Å²) >= 11 is 0. The Morgan fingerprint density at radius 1 is 1.41 bits per heavy atom. The number of anilines is 1. The Balaban J connectivity index is 0.00000242. The molecule has 5 nitrogen and oxygen atoms in total. The summed E-state index contributed by atoms with van der Waals surface area (Å²) in [5, 5.41) is 3.11. The maximum Gasteiger partial charge on any atom is 0.193 e. The molecule has 1 atom stereocenters. The SMILES string of the molecule is CCCN1CCC(CN=C(N)Nc2ccc(OC)cc2)C1.I. The summed E-state index contributed by atoms with van der Waals surface area (Å²) in [6.07, 6.45) is 2.44. The van der Waals surface area contributed by atoms with Crippen LogP contribution in [0.4, 0.5) is 5.69 Å². The molecule has 6 heteroatoms. The van der Waals surface area contributed by atoms with Gasteiger partial charge < -0.3 is 20.7 Å². The fourth-order valence-corrected chi connectivity index (χ4v) is 2.67. The van der Waals surface area contributed by atoms with Crippen molar-refractivity contribution in [2.75, 3.05) is 38.6 Å². The van der Waals surface area contributed by atoms with Gasteiger partial charge in [0.15, 0.2) is 5.96 Å². The average molecular weight is 418 g/mol. The monoisotopic (exact) mass is 418 g/mol. The van der Waals surface area contributed by atoms with E-state index in [2.05, 4.69) is 22.1 Å². The van der Waals surface area contributed by atoms with Crippen LogP contribution in [-0.2, 0) is 0 Å². The van der Waals surface area contributed by atoms with E-state index in [4.69, 9.17) is 10.5 Å². The minimum atomic E-state index is 0. The number of benzene rings is 1. The van der Waals surface area contributed by atoms with Gasteiger partial charge in [-0.25, -0.2) is 0 Å². The molecule has 124 valence electrons. The number of nitrogens with one attached hydrogen (secondary N) is 1. The van der Waals surface area contributed by atoms with E-state index in [1.165, 1.54) is 25.9 Å². The maximum atomic E-state index is 5.94. The van der Waals surface area contributed by atoms with Crippen molar-refractivity contribution >= 4 is 35.6 Å². The van der Waals surface area contributed by atoms with E-state index in [-0.39, 0.29) is 24.0 Å². The Hall–Kier alpha value is -1.02. The number of rotatable bonds is 6. The second-order valence-electron chi connectivity index (χ2n) is 5.53. The first-order valence-corrected chi connectivity index (χ1v) is 7.64. The predicted octanol–water partition coefficient (Wildman–Crippen LogP) is 2.77. The molecule has 22 heavy (non-hydrogen) atoms. The fraction of sp³-hybridized carbons (Fsp3) is 0.562. The van der Waals surface area contributed by atoms with E-state index in [0.717, 1.165) is 24.5 Å². The summed E-state index contributed by atoms with van der Waals surface area (Å²) in [6.45, 7) is 6.56. The number of aliphatic imine (C=N–C) groups is 1. The fourth-order valence-electron chi connectivity index (χ4n) is 2.67. The molecular formula is C16H27IN4O. The van der Waals surface area contributed by atoms with Crippen molar-refractivity contribution < 1.29 is 4.74 Å². The highest BCUT2D eigenvalue weighted by Gasteiger charge is 2.21. The van der Waals surface area contributed by atoms with Gasteiger partial charge in [-0.15, -0.1) is 24.0 Å². The molecule has 0 bridgehead atoms. The molecule has 1 aromatic carbocycles.